The Bertz CT molecular complexity index is 244. The van der Waals surface area contributed by atoms with E-state index in [1.54, 1.807) is 12.1 Å². The number of rotatable bonds is 0. The minimum atomic E-state index is -0.500. The fraction of sp³-hybridized carbons (Fsp3) is 0. The Labute approximate surface area is 127 Å². The van der Waals surface area contributed by atoms with Gasteiger partial charge in [0.05, 0.1) is 10.0 Å². The molecular weight excluding hydrogens is 271 g/mol. The van der Waals surface area contributed by atoms with E-state index in [2.05, 4.69) is 0 Å². The van der Waals surface area contributed by atoms with Gasteiger partial charge in [-0.25, -0.2) is 0 Å². The summed E-state index contributed by atoms with van der Waals surface area (Å²) in [6.45, 7) is -1.00. The fourth-order valence-electron chi connectivity index (χ4n) is 0.439. The van der Waals surface area contributed by atoms with Crippen LogP contribution in [0.15, 0.2) is 24.3 Å². The molecule has 0 unspecified atom stereocenters. The van der Waals surface area contributed by atoms with Crippen LogP contribution in [0.4, 0.5) is 0 Å². The normalized spacial score (nSPS) is 6.53. The van der Waals surface area contributed by atoms with E-state index in [4.69, 9.17) is 43.0 Å². The van der Waals surface area contributed by atoms with Crippen molar-refractivity contribution in [1.82, 2.24) is 0 Å². The predicted octanol–water partition coefficient (Wildman–Crippen LogP) is -0.655. The summed E-state index contributed by atoms with van der Waals surface area (Å²) >= 11 is 11.2. The first-order chi connectivity index (χ1) is 6.63. The molecule has 1 aromatic rings. The second-order valence-electron chi connectivity index (χ2n) is 1.61. The summed E-state index contributed by atoms with van der Waals surface area (Å²) in [6, 6.07) is 7.19. The summed E-state index contributed by atoms with van der Waals surface area (Å²) in [5.41, 5.74) is 0. The molecule has 0 heterocycles. The van der Waals surface area contributed by atoms with Gasteiger partial charge in [0.1, 0.15) is 0 Å². The van der Waals surface area contributed by atoms with Crippen molar-refractivity contribution in [3.05, 3.63) is 34.3 Å². The first-order valence-electron chi connectivity index (χ1n) is 3.15. The van der Waals surface area contributed by atoms with Crippen LogP contribution in [0.1, 0.15) is 0 Å². The molecule has 15 heavy (non-hydrogen) atoms. The summed E-state index contributed by atoms with van der Waals surface area (Å²) < 4.78 is 0. The first-order valence-corrected chi connectivity index (χ1v) is 3.90. The number of carbonyl (C=O) groups is 2. The zero-order valence-corrected chi connectivity index (χ0v) is 11.3. The zero-order chi connectivity index (χ0) is 11.4. The van der Waals surface area contributed by atoms with Gasteiger partial charge >= 0.3 is 37.7 Å². The van der Waals surface area contributed by atoms with Crippen molar-refractivity contribution in [2.45, 2.75) is 0 Å². The van der Waals surface area contributed by atoms with Crippen LogP contribution in [-0.2, 0) is 9.59 Å². The van der Waals surface area contributed by atoms with E-state index in [0.29, 0.717) is 10.0 Å². The molecule has 1 aromatic carbocycles. The second-order valence-corrected chi connectivity index (χ2v) is 2.42. The molecule has 0 bridgehead atoms. The van der Waals surface area contributed by atoms with Crippen molar-refractivity contribution in [2.75, 3.05) is 0 Å². The minimum absolute atomic E-state index is 0. The Kier molecular flexibility index (Phi) is 22.4. The average molecular weight is 277 g/mol. The molecule has 0 aliphatic heterocycles. The third-order valence-corrected chi connectivity index (χ3v) is 1.58. The molecular formula is C8H6CaCl2O4. The van der Waals surface area contributed by atoms with Gasteiger partial charge < -0.3 is 19.8 Å². The zero-order valence-electron chi connectivity index (χ0n) is 7.56. The van der Waals surface area contributed by atoms with Crippen LogP contribution >= 0.6 is 23.2 Å². The van der Waals surface area contributed by atoms with Crippen molar-refractivity contribution >= 4 is 73.9 Å². The van der Waals surface area contributed by atoms with Crippen LogP contribution in [-0.4, -0.2) is 50.7 Å². The van der Waals surface area contributed by atoms with E-state index in [-0.39, 0.29) is 37.7 Å². The van der Waals surface area contributed by atoms with Crippen LogP contribution in [0.2, 0.25) is 10.0 Å². The van der Waals surface area contributed by atoms with E-state index in [0.717, 1.165) is 0 Å². The largest absolute Gasteiger partial charge is 2.00 e. The van der Waals surface area contributed by atoms with E-state index in [1.165, 1.54) is 0 Å². The van der Waals surface area contributed by atoms with Gasteiger partial charge in [-0.15, -0.1) is 0 Å². The van der Waals surface area contributed by atoms with Crippen molar-refractivity contribution in [3.63, 3.8) is 0 Å². The van der Waals surface area contributed by atoms with E-state index in [1.807, 2.05) is 12.1 Å². The Morgan fingerprint density at radius 2 is 1.13 bits per heavy atom. The molecule has 0 saturated heterocycles. The molecule has 0 amide bonds. The Hall–Kier alpha value is -0.000260. The van der Waals surface area contributed by atoms with Gasteiger partial charge in [0.2, 0.25) is 0 Å². The van der Waals surface area contributed by atoms with Crippen molar-refractivity contribution in [2.24, 2.45) is 0 Å². The Morgan fingerprint density at radius 3 is 1.27 bits per heavy atom. The fourth-order valence-corrected chi connectivity index (χ4v) is 0.711. The number of hydrogen-bond donors (Lipinski definition) is 0. The van der Waals surface area contributed by atoms with Gasteiger partial charge in [-0.3, -0.25) is 0 Å². The summed E-state index contributed by atoms with van der Waals surface area (Å²) in [7, 11) is 0. The number of carbonyl (C=O) groups excluding carboxylic acids is 2. The first kappa shape index (κ1) is 20.4. The number of carboxylic acid groups (broad SMARTS) is 2. The molecule has 0 aliphatic carbocycles. The molecule has 1 rings (SSSR count). The monoisotopic (exact) mass is 276 g/mol. The summed E-state index contributed by atoms with van der Waals surface area (Å²) in [5, 5.41) is 17.7. The molecule has 0 N–H and O–H groups in total. The number of hydrogen-bond acceptors (Lipinski definition) is 4. The van der Waals surface area contributed by atoms with Crippen LogP contribution < -0.4 is 10.2 Å². The quantitative estimate of drug-likeness (QED) is 0.466. The summed E-state index contributed by atoms with van der Waals surface area (Å²) in [4.78, 5) is 16.5. The van der Waals surface area contributed by atoms with E-state index < -0.39 is 12.9 Å². The van der Waals surface area contributed by atoms with Crippen LogP contribution in [0.3, 0.4) is 0 Å². The van der Waals surface area contributed by atoms with E-state index in [9.17, 15) is 0 Å². The molecule has 0 atom stereocenters. The van der Waals surface area contributed by atoms with Gasteiger partial charge in [0.15, 0.2) is 0 Å². The summed E-state index contributed by atoms with van der Waals surface area (Å²) in [5.74, 6) is 0. The maximum atomic E-state index is 8.25. The summed E-state index contributed by atoms with van der Waals surface area (Å²) in [6.07, 6.45) is 0. The molecule has 0 fully saturated rings. The van der Waals surface area contributed by atoms with Gasteiger partial charge in [0.25, 0.3) is 0 Å². The van der Waals surface area contributed by atoms with Crippen LogP contribution in [0.25, 0.3) is 0 Å². The van der Waals surface area contributed by atoms with Crippen molar-refractivity contribution in [1.29, 1.82) is 0 Å². The molecule has 78 valence electrons. The number of benzene rings is 1. The van der Waals surface area contributed by atoms with Gasteiger partial charge in [-0.2, -0.15) is 0 Å². The smallest absolute Gasteiger partial charge is 0.554 e. The molecule has 7 heteroatoms. The molecule has 0 aliphatic rings. The SMILES string of the molecule is Clc1ccccc1Cl.O=C[O-].O=C[O-].[Ca+2]. The van der Waals surface area contributed by atoms with Crippen LogP contribution in [0, 0.1) is 0 Å². The average Bonchev–Trinajstić information content (AvgIpc) is 2.13. The molecule has 4 nitrogen and oxygen atoms in total. The molecule has 0 aromatic heterocycles. The van der Waals surface area contributed by atoms with Crippen molar-refractivity contribution in [3.8, 4) is 0 Å². The maximum Gasteiger partial charge on any atom is 2.00 e. The Balaban J connectivity index is -0.000000177. The van der Waals surface area contributed by atoms with Gasteiger partial charge in [0, 0.05) is 12.9 Å². The third kappa shape index (κ3) is 16.7. The molecule has 0 radical (unpaired) electrons. The third-order valence-electron chi connectivity index (χ3n) is 0.824. The predicted molar refractivity (Wildman–Crippen MR) is 54.3 cm³/mol. The Morgan fingerprint density at radius 1 is 0.933 bits per heavy atom. The maximum absolute atomic E-state index is 8.25. The number of halogens is 2. The minimum Gasteiger partial charge on any atom is -0.554 e. The van der Waals surface area contributed by atoms with Crippen molar-refractivity contribution < 1.29 is 19.8 Å². The molecule has 0 saturated carbocycles. The standard InChI is InChI=1S/C6H4Cl2.2CH2O2.Ca/c7-5-3-1-2-4-6(5)8;2*2-1-3;/h1-4H;2*1H,(H,2,3);/q;;;+2/p-2. The van der Waals surface area contributed by atoms with Gasteiger partial charge in [-0.05, 0) is 12.1 Å². The topological polar surface area (TPSA) is 80.3 Å². The second kappa shape index (κ2) is 16.4. The molecule has 0 spiro atoms. The van der Waals surface area contributed by atoms with Gasteiger partial charge in [-0.1, -0.05) is 35.3 Å². The van der Waals surface area contributed by atoms with E-state index >= 15 is 0 Å². The van der Waals surface area contributed by atoms with Crippen LogP contribution in [0.5, 0.6) is 0 Å².